The monoisotopic (exact) mass is 307 g/mol. The van der Waals surface area contributed by atoms with Crippen molar-refractivity contribution in [2.75, 3.05) is 25.1 Å². The molecule has 5 heteroatoms. The summed E-state index contributed by atoms with van der Waals surface area (Å²) < 4.78 is 11.1. The lowest BCUT2D eigenvalue weighted by molar-refractivity contribution is 0.332. The van der Waals surface area contributed by atoms with E-state index in [0.717, 1.165) is 30.2 Å². The van der Waals surface area contributed by atoms with Crippen LogP contribution >= 0.6 is 0 Å². The molecule has 0 aromatic heterocycles. The number of ether oxygens (including phenoxy) is 2. The second kappa shape index (κ2) is 10.8. The van der Waals surface area contributed by atoms with Crippen molar-refractivity contribution < 1.29 is 9.47 Å². The molecule has 0 saturated carbocycles. The molecule has 0 spiro atoms. The van der Waals surface area contributed by atoms with Crippen LogP contribution in [0.2, 0.25) is 0 Å². The van der Waals surface area contributed by atoms with Gasteiger partial charge < -0.3 is 20.5 Å². The number of hydrogen-bond acceptors (Lipinski definition) is 3. The van der Waals surface area contributed by atoms with E-state index in [1.165, 1.54) is 19.3 Å². The summed E-state index contributed by atoms with van der Waals surface area (Å²) in [5, 5.41) is 3.11. The summed E-state index contributed by atoms with van der Waals surface area (Å²) in [6.45, 7) is 8.06. The normalized spacial score (nSPS) is 11.3. The molecule has 5 nitrogen and oxygen atoms in total. The van der Waals surface area contributed by atoms with Crippen LogP contribution in [0, 0.1) is 0 Å². The zero-order chi connectivity index (χ0) is 16.2. The lowest BCUT2D eigenvalue weighted by atomic mass is 10.2. The van der Waals surface area contributed by atoms with Crippen LogP contribution in [-0.4, -0.2) is 25.7 Å². The molecule has 0 fully saturated rings. The Balaban J connectivity index is 2.67. The molecular formula is C17H29N3O2. The van der Waals surface area contributed by atoms with Gasteiger partial charge in [-0.3, -0.25) is 4.99 Å². The molecule has 1 aromatic rings. The average Bonchev–Trinajstić information content (AvgIpc) is 2.50. The highest BCUT2D eigenvalue weighted by Gasteiger charge is 2.07. The van der Waals surface area contributed by atoms with E-state index in [1.807, 2.05) is 32.0 Å². The Labute approximate surface area is 133 Å². The van der Waals surface area contributed by atoms with Crippen LogP contribution in [0.3, 0.4) is 0 Å². The molecule has 0 amide bonds. The quantitative estimate of drug-likeness (QED) is 0.392. The van der Waals surface area contributed by atoms with Gasteiger partial charge in [-0.25, -0.2) is 0 Å². The molecule has 0 radical (unpaired) electrons. The van der Waals surface area contributed by atoms with E-state index in [-0.39, 0.29) is 0 Å². The summed E-state index contributed by atoms with van der Waals surface area (Å²) in [6.07, 6.45) is 4.72. The van der Waals surface area contributed by atoms with Crippen LogP contribution in [0.25, 0.3) is 0 Å². The average molecular weight is 307 g/mol. The van der Waals surface area contributed by atoms with Crippen molar-refractivity contribution in [3.8, 4) is 11.5 Å². The fourth-order valence-corrected chi connectivity index (χ4v) is 2.06. The number of unbranched alkanes of at least 4 members (excludes halogenated alkanes) is 3. The van der Waals surface area contributed by atoms with E-state index in [0.29, 0.717) is 19.2 Å². The van der Waals surface area contributed by atoms with Crippen molar-refractivity contribution in [2.45, 2.75) is 46.5 Å². The third-order valence-electron chi connectivity index (χ3n) is 3.12. The number of benzene rings is 1. The van der Waals surface area contributed by atoms with Crippen LogP contribution < -0.4 is 20.5 Å². The first-order valence-corrected chi connectivity index (χ1v) is 8.17. The Bertz CT molecular complexity index is 461. The Hall–Kier alpha value is -1.91. The van der Waals surface area contributed by atoms with E-state index in [4.69, 9.17) is 15.2 Å². The highest BCUT2D eigenvalue weighted by Crippen LogP contribution is 2.29. The molecule has 3 N–H and O–H groups in total. The number of guanidine groups is 1. The molecule has 1 rings (SSSR count). The third-order valence-corrected chi connectivity index (χ3v) is 3.12. The van der Waals surface area contributed by atoms with Gasteiger partial charge in [-0.1, -0.05) is 26.2 Å². The van der Waals surface area contributed by atoms with Gasteiger partial charge in [0.25, 0.3) is 0 Å². The number of anilines is 1. The van der Waals surface area contributed by atoms with E-state index < -0.39 is 0 Å². The molecule has 0 heterocycles. The maximum atomic E-state index is 5.95. The molecule has 0 aliphatic rings. The first-order chi connectivity index (χ1) is 10.7. The highest BCUT2D eigenvalue weighted by atomic mass is 16.5. The molecule has 124 valence electrons. The minimum absolute atomic E-state index is 0.408. The van der Waals surface area contributed by atoms with Gasteiger partial charge in [0.05, 0.1) is 18.9 Å². The Morgan fingerprint density at radius 2 is 1.86 bits per heavy atom. The van der Waals surface area contributed by atoms with Crippen molar-refractivity contribution in [2.24, 2.45) is 10.7 Å². The standard InChI is InChI=1S/C17H29N3O2/c1-4-7-8-9-12-19-17(18)20-15-13-14(21-5-2)10-11-16(15)22-6-3/h10-11,13H,4-9,12H2,1-3H3,(H3,18,19,20). The van der Waals surface area contributed by atoms with Crippen molar-refractivity contribution in [3.05, 3.63) is 18.2 Å². The molecule has 0 aliphatic heterocycles. The van der Waals surface area contributed by atoms with Crippen molar-refractivity contribution in [1.29, 1.82) is 0 Å². The van der Waals surface area contributed by atoms with E-state index >= 15 is 0 Å². The molecule has 0 aliphatic carbocycles. The van der Waals surface area contributed by atoms with Crippen molar-refractivity contribution >= 4 is 11.6 Å². The van der Waals surface area contributed by atoms with Gasteiger partial charge in [-0.2, -0.15) is 0 Å². The second-order valence-corrected chi connectivity index (χ2v) is 4.98. The molecule has 0 saturated heterocycles. The Morgan fingerprint density at radius 1 is 1.09 bits per heavy atom. The molecule has 22 heavy (non-hydrogen) atoms. The minimum Gasteiger partial charge on any atom is -0.494 e. The summed E-state index contributed by atoms with van der Waals surface area (Å²) in [6, 6.07) is 5.65. The van der Waals surface area contributed by atoms with Gasteiger partial charge >= 0.3 is 0 Å². The number of nitrogens with two attached hydrogens (primary N) is 1. The van der Waals surface area contributed by atoms with Gasteiger partial charge in [0.15, 0.2) is 5.96 Å². The molecule has 0 unspecified atom stereocenters. The van der Waals surface area contributed by atoms with E-state index in [2.05, 4.69) is 17.2 Å². The molecule has 1 aromatic carbocycles. The summed E-state index contributed by atoms with van der Waals surface area (Å²) in [5.74, 6) is 1.94. The second-order valence-electron chi connectivity index (χ2n) is 4.98. The van der Waals surface area contributed by atoms with Crippen LogP contribution in [0.1, 0.15) is 46.5 Å². The first kappa shape index (κ1) is 18.1. The van der Waals surface area contributed by atoms with Gasteiger partial charge in [-0.15, -0.1) is 0 Å². The lowest BCUT2D eigenvalue weighted by Gasteiger charge is -2.14. The van der Waals surface area contributed by atoms with Crippen molar-refractivity contribution in [1.82, 2.24) is 0 Å². The summed E-state index contributed by atoms with van der Waals surface area (Å²) in [7, 11) is 0. The summed E-state index contributed by atoms with van der Waals surface area (Å²) in [4.78, 5) is 4.36. The summed E-state index contributed by atoms with van der Waals surface area (Å²) >= 11 is 0. The predicted molar refractivity (Wildman–Crippen MR) is 93.0 cm³/mol. The Morgan fingerprint density at radius 3 is 2.55 bits per heavy atom. The van der Waals surface area contributed by atoms with Crippen LogP contribution in [0.15, 0.2) is 23.2 Å². The van der Waals surface area contributed by atoms with Gasteiger partial charge in [0, 0.05) is 12.6 Å². The largest absolute Gasteiger partial charge is 0.494 e. The maximum Gasteiger partial charge on any atom is 0.193 e. The number of rotatable bonds is 10. The molecule has 0 bridgehead atoms. The fourth-order valence-electron chi connectivity index (χ4n) is 2.06. The number of nitrogens with zero attached hydrogens (tertiary/aromatic N) is 1. The molecule has 0 atom stereocenters. The predicted octanol–water partition coefficient (Wildman–Crippen LogP) is 3.79. The first-order valence-electron chi connectivity index (χ1n) is 8.17. The lowest BCUT2D eigenvalue weighted by Crippen LogP contribution is -2.23. The van der Waals surface area contributed by atoms with Crippen LogP contribution in [-0.2, 0) is 0 Å². The van der Waals surface area contributed by atoms with Crippen LogP contribution in [0.5, 0.6) is 11.5 Å². The zero-order valence-corrected chi connectivity index (χ0v) is 14.0. The van der Waals surface area contributed by atoms with Gasteiger partial charge in [0.2, 0.25) is 0 Å². The van der Waals surface area contributed by atoms with Crippen LogP contribution in [0.4, 0.5) is 5.69 Å². The van der Waals surface area contributed by atoms with E-state index in [1.54, 1.807) is 0 Å². The smallest absolute Gasteiger partial charge is 0.193 e. The van der Waals surface area contributed by atoms with Gasteiger partial charge in [-0.05, 0) is 32.4 Å². The SMILES string of the molecule is CCCCCCN=C(N)Nc1cc(OCC)ccc1OCC. The van der Waals surface area contributed by atoms with Gasteiger partial charge in [0.1, 0.15) is 11.5 Å². The highest BCUT2D eigenvalue weighted by molar-refractivity contribution is 5.94. The third kappa shape index (κ3) is 6.70. The number of nitrogens with one attached hydrogen (secondary N) is 1. The number of aliphatic imine (C=N–C) groups is 1. The zero-order valence-electron chi connectivity index (χ0n) is 14.0. The molecular weight excluding hydrogens is 278 g/mol. The Kier molecular flexibility index (Phi) is 8.88. The van der Waals surface area contributed by atoms with Crippen molar-refractivity contribution in [3.63, 3.8) is 0 Å². The minimum atomic E-state index is 0.408. The summed E-state index contributed by atoms with van der Waals surface area (Å²) in [5.41, 5.74) is 6.73. The number of hydrogen-bond donors (Lipinski definition) is 2. The topological polar surface area (TPSA) is 68.9 Å². The fraction of sp³-hybridized carbons (Fsp3) is 0.588. The van der Waals surface area contributed by atoms with E-state index in [9.17, 15) is 0 Å². The maximum absolute atomic E-state index is 5.95.